The van der Waals surface area contributed by atoms with Crippen LogP contribution in [0.25, 0.3) is 11.1 Å². The summed E-state index contributed by atoms with van der Waals surface area (Å²) in [4.78, 5) is 19.2. The van der Waals surface area contributed by atoms with Gasteiger partial charge in [0.05, 0.1) is 23.3 Å². The average molecular weight is 329 g/mol. The zero-order valence-corrected chi connectivity index (χ0v) is 14.2. The number of hydrogen-bond donors (Lipinski definition) is 1. The van der Waals surface area contributed by atoms with Crippen molar-refractivity contribution in [3.05, 3.63) is 35.7 Å². The van der Waals surface area contributed by atoms with Gasteiger partial charge in [-0.25, -0.2) is 4.98 Å². The van der Waals surface area contributed by atoms with Gasteiger partial charge in [-0.05, 0) is 24.8 Å². The molecule has 0 aliphatic heterocycles. The maximum Gasteiger partial charge on any atom is 0.259 e. The van der Waals surface area contributed by atoms with E-state index in [1.165, 1.54) is 0 Å². The van der Waals surface area contributed by atoms with Crippen LogP contribution < -0.4 is 0 Å². The summed E-state index contributed by atoms with van der Waals surface area (Å²) in [6, 6.07) is 1.87. The molecule has 1 aliphatic carbocycles. The first-order valence-corrected chi connectivity index (χ1v) is 8.38. The third kappa shape index (κ3) is 3.06. The second kappa shape index (κ2) is 6.73. The predicted molar refractivity (Wildman–Crippen MR) is 91.1 cm³/mol. The second-order valence-corrected chi connectivity index (χ2v) is 6.54. The van der Waals surface area contributed by atoms with Gasteiger partial charge in [-0.2, -0.15) is 0 Å². The SMILES string of the molecule is C=CCN(CCO)C(=O)c1cc(C2CC2)nc2onc(C(C)C)c12. The lowest BCUT2D eigenvalue weighted by molar-refractivity contribution is 0.0744. The van der Waals surface area contributed by atoms with Gasteiger partial charge in [0.15, 0.2) is 0 Å². The lowest BCUT2D eigenvalue weighted by Gasteiger charge is -2.21. The second-order valence-electron chi connectivity index (χ2n) is 6.54. The van der Waals surface area contributed by atoms with Crippen LogP contribution in [-0.4, -0.2) is 45.8 Å². The van der Waals surface area contributed by atoms with Gasteiger partial charge in [0.2, 0.25) is 0 Å². The first-order valence-electron chi connectivity index (χ1n) is 8.38. The number of amides is 1. The minimum atomic E-state index is -0.150. The maximum absolute atomic E-state index is 13.1. The highest BCUT2D eigenvalue weighted by molar-refractivity contribution is 6.06. The number of carbonyl (C=O) groups is 1. The van der Waals surface area contributed by atoms with Crippen molar-refractivity contribution in [1.29, 1.82) is 0 Å². The molecule has 24 heavy (non-hydrogen) atoms. The fraction of sp³-hybridized carbons (Fsp3) is 0.500. The van der Waals surface area contributed by atoms with E-state index in [9.17, 15) is 9.90 Å². The van der Waals surface area contributed by atoms with Crippen LogP contribution in [0, 0.1) is 0 Å². The zero-order chi connectivity index (χ0) is 17.3. The van der Waals surface area contributed by atoms with Gasteiger partial charge in [0, 0.05) is 24.7 Å². The summed E-state index contributed by atoms with van der Waals surface area (Å²) < 4.78 is 5.42. The molecule has 0 bridgehead atoms. The molecule has 3 rings (SSSR count). The summed E-state index contributed by atoms with van der Waals surface area (Å²) in [5.41, 5.74) is 2.61. The number of hydrogen-bond acceptors (Lipinski definition) is 5. The normalized spacial score (nSPS) is 14.3. The summed E-state index contributed by atoms with van der Waals surface area (Å²) >= 11 is 0. The Balaban J connectivity index is 2.13. The molecule has 0 saturated heterocycles. The molecule has 2 aromatic heterocycles. The van der Waals surface area contributed by atoms with E-state index in [0.29, 0.717) is 29.1 Å². The Morgan fingerprint density at radius 2 is 2.29 bits per heavy atom. The Morgan fingerprint density at radius 1 is 1.54 bits per heavy atom. The van der Waals surface area contributed by atoms with Gasteiger partial charge in [0.25, 0.3) is 11.6 Å². The van der Waals surface area contributed by atoms with Gasteiger partial charge in [-0.15, -0.1) is 6.58 Å². The molecular weight excluding hydrogens is 306 g/mol. The van der Waals surface area contributed by atoms with Crippen molar-refractivity contribution in [2.24, 2.45) is 0 Å². The summed E-state index contributed by atoms with van der Waals surface area (Å²) in [6.45, 7) is 8.26. The van der Waals surface area contributed by atoms with Gasteiger partial charge in [-0.3, -0.25) is 4.79 Å². The molecule has 1 amide bonds. The molecular formula is C18H23N3O3. The molecule has 0 unspecified atom stereocenters. The number of nitrogens with zero attached hydrogens (tertiary/aromatic N) is 3. The first kappa shape index (κ1) is 16.6. The molecule has 2 aromatic rings. The summed E-state index contributed by atoms with van der Waals surface area (Å²) in [5.74, 6) is 0.375. The molecule has 128 valence electrons. The minimum Gasteiger partial charge on any atom is -0.395 e. The smallest absolute Gasteiger partial charge is 0.259 e. The Bertz CT molecular complexity index is 762. The van der Waals surface area contributed by atoms with Crippen molar-refractivity contribution in [1.82, 2.24) is 15.0 Å². The number of aliphatic hydroxyl groups excluding tert-OH is 1. The molecule has 0 radical (unpaired) electrons. The number of aromatic nitrogens is 2. The Morgan fingerprint density at radius 3 is 2.88 bits per heavy atom. The Hall–Kier alpha value is -2.21. The molecule has 1 aliphatic rings. The standard InChI is InChI=1S/C18H23N3O3/c1-4-7-21(8-9-22)18(23)13-10-14(12-5-6-12)19-17-15(13)16(11(2)3)20-24-17/h4,10-12,22H,1,5-9H2,2-3H3. The number of pyridine rings is 1. The van der Waals surface area contributed by atoms with Crippen molar-refractivity contribution in [2.45, 2.75) is 38.5 Å². The van der Waals surface area contributed by atoms with Crippen LogP contribution in [-0.2, 0) is 0 Å². The van der Waals surface area contributed by atoms with E-state index in [-0.39, 0.29) is 25.0 Å². The van der Waals surface area contributed by atoms with E-state index in [4.69, 9.17) is 4.52 Å². The third-order valence-corrected chi connectivity index (χ3v) is 4.27. The van der Waals surface area contributed by atoms with Crippen LogP contribution in [0.15, 0.2) is 23.2 Å². The number of fused-ring (bicyclic) bond motifs is 1. The van der Waals surface area contributed by atoms with Crippen LogP contribution in [0.3, 0.4) is 0 Å². The molecule has 0 aromatic carbocycles. The molecule has 2 heterocycles. The van der Waals surface area contributed by atoms with Crippen LogP contribution in [0.5, 0.6) is 0 Å². The highest BCUT2D eigenvalue weighted by Crippen LogP contribution is 2.41. The number of aliphatic hydroxyl groups is 1. The van der Waals surface area contributed by atoms with E-state index < -0.39 is 0 Å². The topological polar surface area (TPSA) is 79.5 Å². The molecule has 0 spiro atoms. The molecule has 6 nitrogen and oxygen atoms in total. The van der Waals surface area contributed by atoms with E-state index in [1.807, 2.05) is 19.9 Å². The largest absolute Gasteiger partial charge is 0.395 e. The van der Waals surface area contributed by atoms with Crippen LogP contribution in [0.1, 0.15) is 60.3 Å². The number of rotatable bonds is 7. The predicted octanol–water partition coefficient (Wildman–Crippen LogP) is 2.84. The van der Waals surface area contributed by atoms with Gasteiger partial charge >= 0.3 is 0 Å². The highest BCUT2D eigenvalue weighted by atomic mass is 16.5. The maximum atomic E-state index is 13.1. The monoisotopic (exact) mass is 329 g/mol. The molecule has 1 N–H and O–H groups in total. The van der Waals surface area contributed by atoms with E-state index >= 15 is 0 Å². The molecule has 1 fully saturated rings. The van der Waals surface area contributed by atoms with Crippen LogP contribution in [0.2, 0.25) is 0 Å². The van der Waals surface area contributed by atoms with E-state index in [2.05, 4.69) is 16.7 Å². The first-order chi connectivity index (χ1) is 11.6. The van der Waals surface area contributed by atoms with Crippen LogP contribution >= 0.6 is 0 Å². The lowest BCUT2D eigenvalue weighted by atomic mass is 10.0. The van der Waals surface area contributed by atoms with Crippen LogP contribution in [0.4, 0.5) is 0 Å². The fourth-order valence-electron chi connectivity index (χ4n) is 2.87. The summed E-state index contributed by atoms with van der Waals surface area (Å²) in [7, 11) is 0. The molecule has 1 saturated carbocycles. The molecule has 0 atom stereocenters. The van der Waals surface area contributed by atoms with Crippen molar-refractivity contribution < 1.29 is 14.4 Å². The number of carbonyl (C=O) groups excluding carboxylic acids is 1. The minimum absolute atomic E-state index is 0.0933. The van der Waals surface area contributed by atoms with Gasteiger partial charge in [0.1, 0.15) is 0 Å². The van der Waals surface area contributed by atoms with Crippen molar-refractivity contribution in [3.8, 4) is 0 Å². The van der Waals surface area contributed by atoms with E-state index in [0.717, 1.165) is 24.2 Å². The quantitative estimate of drug-likeness (QED) is 0.790. The Kier molecular flexibility index (Phi) is 4.66. The average Bonchev–Trinajstić information content (AvgIpc) is 3.32. The van der Waals surface area contributed by atoms with Crippen molar-refractivity contribution in [2.75, 3.05) is 19.7 Å². The summed E-state index contributed by atoms with van der Waals surface area (Å²) in [6.07, 6.45) is 3.83. The fourth-order valence-corrected chi connectivity index (χ4v) is 2.87. The highest BCUT2D eigenvalue weighted by Gasteiger charge is 2.30. The van der Waals surface area contributed by atoms with Gasteiger partial charge in [-0.1, -0.05) is 25.1 Å². The summed E-state index contributed by atoms with van der Waals surface area (Å²) in [5, 5.41) is 14.1. The third-order valence-electron chi connectivity index (χ3n) is 4.27. The molecule has 6 heteroatoms. The van der Waals surface area contributed by atoms with E-state index in [1.54, 1.807) is 11.0 Å². The lowest BCUT2D eigenvalue weighted by Crippen LogP contribution is -2.34. The van der Waals surface area contributed by atoms with Crippen molar-refractivity contribution in [3.63, 3.8) is 0 Å². The van der Waals surface area contributed by atoms with Crippen molar-refractivity contribution >= 4 is 17.0 Å². The van der Waals surface area contributed by atoms with Gasteiger partial charge < -0.3 is 14.5 Å². The Labute approximate surface area is 141 Å². The zero-order valence-electron chi connectivity index (χ0n) is 14.2.